The molecule has 2 rings (SSSR count). The monoisotopic (exact) mass is 426 g/mol. The average molecular weight is 427 g/mol. The van der Waals surface area contributed by atoms with Crippen molar-refractivity contribution in [2.24, 2.45) is 0 Å². The minimum Gasteiger partial charge on any atom is -0.497 e. The molecule has 0 aliphatic heterocycles. The van der Waals surface area contributed by atoms with Gasteiger partial charge in [0.15, 0.2) is 8.68 Å². The fourth-order valence-corrected chi connectivity index (χ4v) is 4.67. The number of unbranched alkanes of at least 4 members (excludes halogenated alkanes) is 1. The third kappa shape index (κ3) is 8.19. The van der Waals surface area contributed by atoms with Gasteiger partial charge < -0.3 is 10.1 Å². The molecule has 27 heavy (non-hydrogen) atoms. The molecule has 0 radical (unpaired) electrons. The first-order chi connectivity index (χ1) is 13.1. The average Bonchev–Trinajstić information content (AvgIpc) is 3.13. The summed E-state index contributed by atoms with van der Waals surface area (Å²) in [7, 11) is 1.64. The quantitative estimate of drug-likeness (QED) is 0.443. The maximum Gasteiger partial charge on any atom is 0.321 e. The maximum atomic E-state index is 11.8. The van der Waals surface area contributed by atoms with Crippen molar-refractivity contribution in [2.45, 2.75) is 34.2 Å². The van der Waals surface area contributed by atoms with Crippen LogP contribution in [0.1, 0.15) is 25.3 Å². The van der Waals surface area contributed by atoms with Crippen LogP contribution in [0.4, 0.5) is 4.79 Å². The van der Waals surface area contributed by atoms with E-state index < -0.39 is 6.03 Å². The van der Waals surface area contributed by atoms with Crippen molar-refractivity contribution in [3.8, 4) is 5.75 Å². The molecule has 10 heteroatoms. The molecule has 0 fully saturated rings. The Morgan fingerprint density at radius 2 is 1.85 bits per heavy atom. The number of hydrogen-bond donors (Lipinski definition) is 2. The molecule has 3 amide bonds. The Morgan fingerprint density at radius 1 is 1.15 bits per heavy atom. The summed E-state index contributed by atoms with van der Waals surface area (Å²) in [4.78, 5) is 23.3. The zero-order valence-corrected chi connectivity index (χ0v) is 17.6. The van der Waals surface area contributed by atoms with Crippen LogP contribution in [0.15, 0.2) is 32.9 Å². The van der Waals surface area contributed by atoms with Gasteiger partial charge in [0.1, 0.15) is 5.75 Å². The van der Waals surface area contributed by atoms with E-state index in [9.17, 15) is 9.59 Å². The van der Waals surface area contributed by atoms with E-state index in [4.69, 9.17) is 4.74 Å². The van der Waals surface area contributed by atoms with Crippen LogP contribution in [0.5, 0.6) is 5.75 Å². The topological polar surface area (TPSA) is 93.2 Å². The number of imide groups is 1. The SMILES string of the molecule is CCCCNC(=O)NC(=O)CSc1nnc(SCc2ccc(OC)cc2)s1. The third-order valence-corrected chi connectivity index (χ3v) is 6.57. The lowest BCUT2D eigenvalue weighted by Crippen LogP contribution is -2.40. The molecule has 0 aliphatic rings. The van der Waals surface area contributed by atoms with Crippen LogP contribution in [0.2, 0.25) is 0 Å². The first-order valence-electron chi connectivity index (χ1n) is 8.40. The molecule has 2 aromatic rings. The molecule has 1 aromatic heterocycles. The molecular weight excluding hydrogens is 404 g/mol. The Hall–Kier alpha value is -1.78. The molecule has 2 N–H and O–H groups in total. The summed E-state index contributed by atoms with van der Waals surface area (Å²) in [6.45, 7) is 2.60. The molecule has 0 unspecified atom stereocenters. The van der Waals surface area contributed by atoms with Gasteiger partial charge in [-0.3, -0.25) is 10.1 Å². The number of aromatic nitrogens is 2. The van der Waals surface area contributed by atoms with Gasteiger partial charge in [0, 0.05) is 12.3 Å². The van der Waals surface area contributed by atoms with E-state index >= 15 is 0 Å². The highest BCUT2D eigenvalue weighted by Gasteiger charge is 2.11. The van der Waals surface area contributed by atoms with Crippen LogP contribution in [-0.4, -0.2) is 41.5 Å². The van der Waals surface area contributed by atoms with Gasteiger partial charge >= 0.3 is 6.03 Å². The molecule has 0 saturated heterocycles. The van der Waals surface area contributed by atoms with Crippen LogP contribution >= 0.6 is 34.9 Å². The maximum absolute atomic E-state index is 11.8. The number of ether oxygens (including phenoxy) is 1. The molecule has 0 saturated carbocycles. The van der Waals surface area contributed by atoms with Crippen LogP contribution in [-0.2, 0) is 10.5 Å². The Morgan fingerprint density at radius 3 is 2.52 bits per heavy atom. The summed E-state index contributed by atoms with van der Waals surface area (Å²) < 4.78 is 6.68. The number of hydrogen-bond acceptors (Lipinski definition) is 8. The van der Waals surface area contributed by atoms with E-state index in [0.717, 1.165) is 28.7 Å². The third-order valence-electron chi connectivity index (χ3n) is 3.30. The number of nitrogens with one attached hydrogen (secondary N) is 2. The molecule has 1 heterocycles. The minimum atomic E-state index is -0.456. The highest BCUT2D eigenvalue weighted by Crippen LogP contribution is 2.30. The van der Waals surface area contributed by atoms with Crippen molar-refractivity contribution in [1.82, 2.24) is 20.8 Å². The molecule has 0 bridgehead atoms. The number of methoxy groups -OCH3 is 1. The van der Waals surface area contributed by atoms with Gasteiger partial charge in [0.25, 0.3) is 0 Å². The molecule has 0 spiro atoms. The Kier molecular flexibility index (Phi) is 9.43. The van der Waals surface area contributed by atoms with E-state index in [0.29, 0.717) is 10.9 Å². The van der Waals surface area contributed by atoms with Crippen molar-refractivity contribution in [1.29, 1.82) is 0 Å². The first kappa shape index (κ1) is 21.5. The second-order valence-corrected chi connectivity index (χ2v) is 8.84. The number of carbonyl (C=O) groups is 2. The Balaban J connectivity index is 1.70. The normalized spacial score (nSPS) is 10.4. The van der Waals surface area contributed by atoms with Crippen LogP contribution < -0.4 is 15.4 Å². The number of benzene rings is 1. The zero-order chi connectivity index (χ0) is 19.5. The Labute approximate surface area is 171 Å². The van der Waals surface area contributed by atoms with E-state index in [2.05, 4.69) is 20.8 Å². The van der Waals surface area contributed by atoms with Crippen LogP contribution in [0, 0.1) is 0 Å². The highest BCUT2D eigenvalue weighted by molar-refractivity contribution is 8.03. The lowest BCUT2D eigenvalue weighted by Gasteiger charge is -2.04. The number of amides is 3. The van der Waals surface area contributed by atoms with Crippen LogP contribution in [0.25, 0.3) is 0 Å². The van der Waals surface area contributed by atoms with Gasteiger partial charge in [-0.25, -0.2) is 4.79 Å². The summed E-state index contributed by atoms with van der Waals surface area (Å²) in [5.74, 6) is 1.38. The standard InChI is InChI=1S/C17H22N4O3S3/c1-3-4-9-18-15(23)19-14(22)11-26-17-21-20-16(27-17)25-10-12-5-7-13(24-2)8-6-12/h5-8H,3-4,9-11H2,1-2H3,(H2,18,19,22,23). The summed E-state index contributed by atoms with van der Waals surface area (Å²) in [6, 6.07) is 7.42. The predicted octanol–water partition coefficient (Wildman–Crippen LogP) is 3.56. The molecular formula is C17H22N4O3S3. The predicted molar refractivity (Wildman–Crippen MR) is 110 cm³/mol. The number of nitrogens with zero attached hydrogens (tertiary/aromatic N) is 2. The van der Waals surface area contributed by atoms with E-state index in [-0.39, 0.29) is 11.7 Å². The molecule has 0 atom stereocenters. The van der Waals surface area contributed by atoms with Gasteiger partial charge in [0.2, 0.25) is 5.91 Å². The number of thioether (sulfide) groups is 2. The summed E-state index contributed by atoms with van der Waals surface area (Å²) >= 11 is 4.30. The van der Waals surface area contributed by atoms with Crippen LogP contribution in [0.3, 0.4) is 0 Å². The van der Waals surface area contributed by atoms with Gasteiger partial charge in [-0.1, -0.05) is 60.3 Å². The summed E-state index contributed by atoms with van der Waals surface area (Å²) in [5.41, 5.74) is 1.17. The largest absolute Gasteiger partial charge is 0.497 e. The molecule has 7 nitrogen and oxygen atoms in total. The zero-order valence-electron chi connectivity index (χ0n) is 15.2. The van der Waals surface area contributed by atoms with Gasteiger partial charge in [-0.15, -0.1) is 10.2 Å². The lowest BCUT2D eigenvalue weighted by atomic mass is 10.2. The second kappa shape index (κ2) is 11.8. The number of carbonyl (C=O) groups excluding carboxylic acids is 2. The van der Waals surface area contributed by atoms with Crippen molar-refractivity contribution < 1.29 is 14.3 Å². The second-order valence-electron chi connectivity index (χ2n) is 5.42. The molecule has 1 aromatic carbocycles. The Bertz CT molecular complexity index is 737. The lowest BCUT2D eigenvalue weighted by molar-refractivity contribution is -0.117. The first-order valence-corrected chi connectivity index (χ1v) is 11.2. The minimum absolute atomic E-state index is 0.124. The number of urea groups is 1. The summed E-state index contributed by atoms with van der Waals surface area (Å²) in [6.07, 6.45) is 1.87. The van der Waals surface area contributed by atoms with E-state index in [1.165, 1.54) is 28.7 Å². The van der Waals surface area contributed by atoms with Gasteiger partial charge in [-0.2, -0.15) is 0 Å². The van der Waals surface area contributed by atoms with Gasteiger partial charge in [0.05, 0.1) is 12.9 Å². The van der Waals surface area contributed by atoms with E-state index in [1.54, 1.807) is 18.9 Å². The van der Waals surface area contributed by atoms with Crippen molar-refractivity contribution in [3.63, 3.8) is 0 Å². The molecule has 146 valence electrons. The van der Waals surface area contributed by atoms with Crippen molar-refractivity contribution >= 4 is 46.8 Å². The van der Waals surface area contributed by atoms with E-state index in [1.807, 2.05) is 31.2 Å². The number of rotatable bonds is 10. The fourth-order valence-electron chi connectivity index (χ4n) is 1.89. The van der Waals surface area contributed by atoms with Crippen molar-refractivity contribution in [3.05, 3.63) is 29.8 Å². The van der Waals surface area contributed by atoms with Crippen molar-refractivity contribution in [2.75, 3.05) is 19.4 Å². The molecule has 0 aliphatic carbocycles. The summed E-state index contributed by atoms with van der Waals surface area (Å²) in [5, 5.41) is 13.1. The highest BCUT2D eigenvalue weighted by atomic mass is 32.2. The van der Waals surface area contributed by atoms with Gasteiger partial charge in [-0.05, 0) is 24.1 Å². The fraction of sp³-hybridized carbons (Fsp3) is 0.412. The smallest absolute Gasteiger partial charge is 0.321 e.